The molecule has 0 radical (unpaired) electrons. The lowest BCUT2D eigenvalue weighted by atomic mass is 9.94. The van der Waals surface area contributed by atoms with E-state index < -0.39 is 17.7 Å². The minimum Gasteiger partial charge on any atom is -0.507 e. The first-order valence-electron chi connectivity index (χ1n) is 9.68. The predicted octanol–water partition coefficient (Wildman–Crippen LogP) is 5.53. The van der Waals surface area contributed by atoms with Gasteiger partial charge in [-0.25, -0.2) is 0 Å². The molecule has 3 rings (SSSR count). The highest BCUT2D eigenvalue weighted by Gasteiger charge is 2.46. The molecule has 0 saturated carbocycles. The van der Waals surface area contributed by atoms with Crippen molar-refractivity contribution in [1.29, 1.82) is 0 Å². The SMILES string of the molecule is CCCCN1C(=O)C(=O)/C(=C(/O)c2cc(Cl)cc(Cl)c2OC)C1c1cccc(C)c1. The molecule has 1 heterocycles. The first kappa shape index (κ1) is 22.2. The average molecular weight is 448 g/mol. The van der Waals surface area contributed by atoms with E-state index >= 15 is 0 Å². The number of amides is 1. The molecule has 1 aliphatic rings. The molecule has 158 valence electrons. The molecular formula is C23H23Cl2NO4. The van der Waals surface area contributed by atoms with Gasteiger partial charge in [0.25, 0.3) is 11.7 Å². The van der Waals surface area contributed by atoms with Gasteiger partial charge in [0.1, 0.15) is 11.5 Å². The van der Waals surface area contributed by atoms with Crippen LogP contribution in [0.15, 0.2) is 42.0 Å². The number of carbonyl (C=O) groups excluding carboxylic acids is 2. The van der Waals surface area contributed by atoms with Crippen molar-refractivity contribution in [3.63, 3.8) is 0 Å². The Labute approximate surface area is 185 Å². The summed E-state index contributed by atoms with van der Waals surface area (Å²) in [7, 11) is 1.41. The number of aliphatic hydroxyl groups is 1. The monoisotopic (exact) mass is 447 g/mol. The van der Waals surface area contributed by atoms with Crippen molar-refractivity contribution in [2.45, 2.75) is 32.7 Å². The van der Waals surface area contributed by atoms with Gasteiger partial charge in [-0.05, 0) is 31.0 Å². The van der Waals surface area contributed by atoms with E-state index in [1.807, 2.05) is 38.1 Å². The van der Waals surface area contributed by atoms with Crippen molar-refractivity contribution in [2.24, 2.45) is 0 Å². The van der Waals surface area contributed by atoms with Crippen molar-refractivity contribution in [3.05, 3.63) is 68.7 Å². The summed E-state index contributed by atoms with van der Waals surface area (Å²) in [6.07, 6.45) is 1.60. The van der Waals surface area contributed by atoms with Crippen LogP contribution in [0, 0.1) is 6.92 Å². The smallest absolute Gasteiger partial charge is 0.295 e. The molecule has 2 aromatic carbocycles. The third kappa shape index (κ3) is 4.05. The number of nitrogens with zero attached hydrogens (tertiary/aromatic N) is 1. The number of Topliss-reactive ketones (excluding diaryl/α,β-unsaturated/α-hetero) is 1. The van der Waals surface area contributed by atoms with E-state index in [0.717, 1.165) is 24.0 Å². The molecule has 0 aromatic heterocycles. The fourth-order valence-electron chi connectivity index (χ4n) is 3.71. The van der Waals surface area contributed by atoms with Gasteiger partial charge in [0, 0.05) is 11.6 Å². The number of ether oxygens (including phenoxy) is 1. The van der Waals surface area contributed by atoms with E-state index in [-0.39, 0.29) is 32.7 Å². The van der Waals surface area contributed by atoms with Crippen LogP contribution >= 0.6 is 23.2 Å². The number of hydrogen-bond donors (Lipinski definition) is 1. The fraction of sp³-hybridized carbons (Fsp3) is 0.304. The largest absolute Gasteiger partial charge is 0.507 e. The summed E-state index contributed by atoms with van der Waals surface area (Å²) in [6, 6.07) is 9.79. The molecular weight excluding hydrogens is 425 g/mol. The molecule has 1 atom stereocenters. The van der Waals surface area contributed by atoms with Gasteiger partial charge < -0.3 is 14.7 Å². The molecule has 0 spiro atoms. The maximum atomic E-state index is 13.0. The number of likely N-dealkylation sites (tertiary alicyclic amines) is 1. The van der Waals surface area contributed by atoms with Gasteiger partial charge in [-0.2, -0.15) is 0 Å². The van der Waals surface area contributed by atoms with Crippen molar-refractivity contribution in [1.82, 2.24) is 4.90 Å². The van der Waals surface area contributed by atoms with Crippen LogP contribution in [0.5, 0.6) is 5.75 Å². The van der Waals surface area contributed by atoms with E-state index in [0.29, 0.717) is 6.54 Å². The molecule has 7 heteroatoms. The number of methoxy groups -OCH3 is 1. The quantitative estimate of drug-likeness (QED) is 0.358. The number of aliphatic hydroxyl groups excluding tert-OH is 1. The summed E-state index contributed by atoms with van der Waals surface area (Å²) in [5, 5.41) is 11.7. The maximum absolute atomic E-state index is 13.0. The minimum absolute atomic E-state index is 0.00154. The highest BCUT2D eigenvalue weighted by molar-refractivity contribution is 6.46. The second-order valence-electron chi connectivity index (χ2n) is 7.23. The molecule has 1 saturated heterocycles. The Balaban J connectivity index is 2.27. The van der Waals surface area contributed by atoms with Gasteiger partial charge in [-0.3, -0.25) is 9.59 Å². The lowest BCUT2D eigenvalue weighted by Crippen LogP contribution is -2.30. The summed E-state index contributed by atoms with van der Waals surface area (Å²) in [5.41, 5.74) is 1.90. The Hall–Kier alpha value is -2.50. The number of rotatable bonds is 6. The molecule has 30 heavy (non-hydrogen) atoms. The zero-order chi connectivity index (χ0) is 22.0. The van der Waals surface area contributed by atoms with Crippen LogP contribution in [0.2, 0.25) is 10.0 Å². The van der Waals surface area contributed by atoms with Crippen LogP contribution in [-0.4, -0.2) is 35.4 Å². The summed E-state index contributed by atoms with van der Waals surface area (Å²) in [5.74, 6) is -1.56. The summed E-state index contributed by atoms with van der Waals surface area (Å²) in [6.45, 7) is 4.35. The summed E-state index contributed by atoms with van der Waals surface area (Å²) < 4.78 is 5.33. The van der Waals surface area contributed by atoms with E-state index in [1.54, 1.807) is 0 Å². The number of unbranched alkanes of at least 4 members (excludes halogenated alkanes) is 1. The third-order valence-electron chi connectivity index (χ3n) is 5.12. The highest BCUT2D eigenvalue weighted by Crippen LogP contribution is 2.43. The first-order chi connectivity index (χ1) is 14.3. The van der Waals surface area contributed by atoms with Gasteiger partial charge >= 0.3 is 0 Å². The molecule has 0 bridgehead atoms. The molecule has 0 aliphatic carbocycles. The topological polar surface area (TPSA) is 66.8 Å². The van der Waals surface area contributed by atoms with Crippen LogP contribution in [0.3, 0.4) is 0 Å². The molecule has 1 fully saturated rings. The van der Waals surface area contributed by atoms with Gasteiger partial charge in [0.05, 0.1) is 29.3 Å². The number of benzene rings is 2. The molecule has 1 amide bonds. The molecule has 2 aromatic rings. The van der Waals surface area contributed by atoms with E-state index in [4.69, 9.17) is 27.9 Å². The molecule has 1 N–H and O–H groups in total. The number of ketones is 1. The number of halogens is 2. The maximum Gasteiger partial charge on any atom is 0.295 e. The lowest BCUT2D eigenvalue weighted by Gasteiger charge is -2.25. The Morgan fingerprint density at radius 1 is 1.20 bits per heavy atom. The van der Waals surface area contributed by atoms with Gasteiger partial charge in [0.2, 0.25) is 0 Å². The van der Waals surface area contributed by atoms with Gasteiger partial charge in [-0.1, -0.05) is 66.4 Å². The first-order valence-corrected chi connectivity index (χ1v) is 10.4. The van der Waals surface area contributed by atoms with Crippen LogP contribution in [0.25, 0.3) is 5.76 Å². The average Bonchev–Trinajstić information content (AvgIpc) is 2.96. The highest BCUT2D eigenvalue weighted by atomic mass is 35.5. The third-order valence-corrected chi connectivity index (χ3v) is 5.62. The zero-order valence-electron chi connectivity index (χ0n) is 17.0. The summed E-state index contributed by atoms with van der Waals surface area (Å²) in [4.78, 5) is 27.4. The Morgan fingerprint density at radius 3 is 2.57 bits per heavy atom. The Morgan fingerprint density at radius 2 is 1.93 bits per heavy atom. The van der Waals surface area contributed by atoms with Crippen LogP contribution in [0.1, 0.15) is 42.5 Å². The van der Waals surface area contributed by atoms with Crippen molar-refractivity contribution in [3.8, 4) is 5.75 Å². The Kier molecular flexibility index (Phi) is 6.74. The lowest BCUT2D eigenvalue weighted by molar-refractivity contribution is -0.139. The van der Waals surface area contributed by atoms with Crippen LogP contribution in [0.4, 0.5) is 0 Å². The number of hydrogen-bond acceptors (Lipinski definition) is 4. The van der Waals surface area contributed by atoms with E-state index in [1.165, 1.54) is 24.1 Å². The minimum atomic E-state index is -0.742. The molecule has 5 nitrogen and oxygen atoms in total. The van der Waals surface area contributed by atoms with Crippen molar-refractivity contribution in [2.75, 3.05) is 13.7 Å². The van der Waals surface area contributed by atoms with Gasteiger partial charge in [0.15, 0.2) is 0 Å². The molecule has 1 unspecified atom stereocenters. The Bertz CT molecular complexity index is 1030. The number of carbonyl (C=O) groups is 2. The summed E-state index contributed by atoms with van der Waals surface area (Å²) >= 11 is 12.3. The standard InChI is InChI=1S/C23H23Cl2NO4/c1-4-5-9-26-19(14-8-6-7-13(2)10-14)18(21(28)23(26)29)20(27)16-11-15(24)12-17(25)22(16)30-3/h6-8,10-12,19,27H,4-5,9H2,1-3H3/b20-18+. The second kappa shape index (κ2) is 9.11. The number of aryl methyl sites for hydroxylation is 1. The zero-order valence-corrected chi connectivity index (χ0v) is 18.5. The molecule has 1 aliphatic heterocycles. The normalized spacial score (nSPS) is 18.2. The second-order valence-corrected chi connectivity index (χ2v) is 8.07. The predicted molar refractivity (Wildman–Crippen MR) is 118 cm³/mol. The fourth-order valence-corrected chi connectivity index (χ4v) is 4.29. The van der Waals surface area contributed by atoms with Crippen LogP contribution in [-0.2, 0) is 9.59 Å². The van der Waals surface area contributed by atoms with Crippen molar-refractivity contribution < 1.29 is 19.4 Å². The van der Waals surface area contributed by atoms with Crippen molar-refractivity contribution >= 4 is 40.7 Å². The van der Waals surface area contributed by atoms with Crippen LogP contribution < -0.4 is 4.74 Å². The van der Waals surface area contributed by atoms with Gasteiger partial charge in [-0.15, -0.1) is 0 Å². The van der Waals surface area contributed by atoms with E-state index in [9.17, 15) is 14.7 Å². The van der Waals surface area contributed by atoms with E-state index in [2.05, 4.69) is 0 Å².